The molecular formula is C20H32N4O. The largest absolute Gasteiger partial charge is 0.342 e. The van der Waals surface area contributed by atoms with Gasteiger partial charge in [-0.2, -0.15) is 0 Å². The average molecular weight is 345 g/mol. The minimum absolute atomic E-state index is 0.167. The van der Waals surface area contributed by atoms with Crippen LogP contribution in [0.25, 0.3) is 0 Å². The van der Waals surface area contributed by atoms with Gasteiger partial charge in [-0.1, -0.05) is 13.8 Å². The Kier molecular flexibility index (Phi) is 4.18. The molecule has 138 valence electrons. The Hall–Kier alpha value is -1.36. The fourth-order valence-corrected chi connectivity index (χ4v) is 4.77. The third kappa shape index (κ3) is 3.01. The minimum Gasteiger partial charge on any atom is -0.342 e. The van der Waals surface area contributed by atoms with E-state index in [4.69, 9.17) is 4.98 Å². The van der Waals surface area contributed by atoms with Crippen LogP contribution in [0.3, 0.4) is 0 Å². The Labute approximate surface area is 151 Å². The lowest BCUT2D eigenvalue weighted by molar-refractivity contribution is -0.142. The number of nitrogens with zero attached hydrogens (tertiary/aromatic N) is 4. The normalized spacial score (nSPS) is 23.0. The predicted octanol–water partition coefficient (Wildman–Crippen LogP) is 2.78. The van der Waals surface area contributed by atoms with Gasteiger partial charge in [-0.3, -0.25) is 9.69 Å². The molecule has 5 heteroatoms. The van der Waals surface area contributed by atoms with Crippen LogP contribution in [0.1, 0.15) is 62.7 Å². The number of hydrogen-bond donors (Lipinski definition) is 0. The maximum absolute atomic E-state index is 12.9. The number of carbonyl (C=O) groups excluding carboxylic acids is 1. The van der Waals surface area contributed by atoms with Crippen LogP contribution in [0.5, 0.6) is 0 Å². The fraction of sp³-hybridized carbons (Fsp3) is 0.800. The highest BCUT2D eigenvalue weighted by Gasteiger charge is 2.45. The number of aromatic nitrogens is 2. The predicted molar refractivity (Wildman–Crippen MR) is 98.4 cm³/mol. The number of imidazole rings is 1. The topological polar surface area (TPSA) is 41.4 Å². The first-order valence-electron chi connectivity index (χ1n) is 9.91. The van der Waals surface area contributed by atoms with Crippen LogP contribution < -0.4 is 0 Å². The number of hydrogen-bond acceptors (Lipinski definition) is 3. The van der Waals surface area contributed by atoms with Crippen LogP contribution in [-0.4, -0.2) is 51.9 Å². The van der Waals surface area contributed by atoms with E-state index in [9.17, 15) is 4.79 Å². The Morgan fingerprint density at radius 2 is 1.76 bits per heavy atom. The summed E-state index contributed by atoms with van der Waals surface area (Å²) in [7, 11) is 2.19. The molecule has 0 aromatic carbocycles. The van der Waals surface area contributed by atoms with E-state index in [-0.39, 0.29) is 5.41 Å². The second-order valence-electron chi connectivity index (χ2n) is 8.94. The summed E-state index contributed by atoms with van der Waals surface area (Å²) in [6.07, 6.45) is 4.56. The molecular weight excluding hydrogens is 312 g/mol. The van der Waals surface area contributed by atoms with Crippen LogP contribution in [-0.2, 0) is 17.9 Å². The molecule has 0 bridgehead atoms. The van der Waals surface area contributed by atoms with Crippen molar-refractivity contribution in [3.8, 4) is 0 Å². The number of likely N-dealkylation sites (N-methyl/N-ethyl adjacent to an activating group) is 1. The second kappa shape index (κ2) is 6.11. The van der Waals surface area contributed by atoms with Crippen molar-refractivity contribution >= 4 is 5.91 Å². The van der Waals surface area contributed by atoms with Gasteiger partial charge in [0.1, 0.15) is 5.82 Å². The highest BCUT2D eigenvalue weighted by molar-refractivity contribution is 5.82. The molecule has 1 saturated carbocycles. The molecule has 1 amide bonds. The summed E-state index contributed by atoms with van der Waals surface area (Å²) in [4.78, 5) is 22.4. The molecule has 0 N–H and O–H groups in total. The van der Waals surface area contributed by atoms with Gasteiger partial charge < -0.3 is 9.47 Å². The van der Waals surface area contributed by atoms with E-state index < -0.39 is 0 Å². The summed E-state index contributed by atoms with van der Waals surface area (Å²) in [6.45, 7) is 11.4. The number of amides is 1. The summed E-state index contributed by atoms with van der Waals surface area (Å²) in [5.74, 6) is 2.65. The highest BCUT2D eigenvalue weighted by atomic mass is 16.2. The van der Waals surface area contributed by atoms with E-state index >= 15 is 0 Å². The van der Waals surface area contributed by atoms with E-state index in [1.165, 1.54) is 24.2 Å². The SMILES string of the molecule is Cc1nc(C2CCN(C(=O)C(C)(C)C3CC3)CC2)c2n1CCN(C)C2. The maximum atomic E-state index is 12.9. The van der Waals surface area contributed by atoms with E-state index in [0.29, 0.717) is 17.7 Å². The summed E-state index contributed by atoms with van der Waals surface area (Å²) in [5, 5.41) is 0. The third-order valence-corrected chi connectivity index (χ3v) is 6.74. The van der Waals surface area contributed by atoms with Crippen molar-refractivity contribution in [3.63, 3.8) is 0 Å². The lowest BCUT2D eigenvalue weighted by atomic mass is 9.84. The van der Waals surface area contributed by atoms with Gasteiger partial charge in [0.05, 0.1) is 11.4 Å². The van der Waals surface area contributed by atoms with Gasteiger partial charge in [0.15, 0.2) is 0 Å². The van der Waals surface area contributed by atoms with Crippen LogP contribution in [0.4, 0.5) is 0 Å². The van der Waals surface area contributed by atoms with Gasteiger partial charge >= 0.3 is 0 Å². The molecule has 2 fully saturated rings. The summed E-state index contributed by atoms with van der Waals surface area (Å²) in [6, 6.07) is 0. The molecule has 1 saturated heterocycles. The summed E-state index contributed by atoms with van der Waals surface area (Å²) < 4.78 is 2.41. The standard InChI is InChI=1S/C20H32N4O/c1-14-21-18(17-13-22(4)11-12-24(14)17)15-7-9-23(10-8-15)19(25)20(2,3)16-5-6-16/h15-16H,5-13H2,1-4H3. The van der Waals surface area contributed by atoms with Gasteiger partial charge in [0.2, 0.25) is 5.91 Å². The lowest BCUT2D eigenvalue weighted by Crippen LogP contribution is -2.45. The molecule has 1 aromatic rings. The quantitative estimate of drug-likeness (QED) is 0.847. The van der Waals surface area contributed by atoms with Crippen molar-refractivity contribution in [2.75, 3.05) is 26.7 Å². The van der Waals surface area contributed by atoms with E-state index in [0.717, 1.165) is 51.4 Å². The van der Waals surface area contributed by atoms with Gasteiger partial charge in [-0.05, 0) is 45.6 Å². The molecule has 1 aliphatic carbocycles. The van der Waals surface area contributed by atoms with Crippen molar-refractivity contribution in [2.24, 2.45) is 11.3 Å². The molecule has 0 radical (unpaired) electrons. The first-order valence-corrected chi connectivity index (χ1v) is 9.91. The van der Waals surface area contributed by atoms with Crippen molar-refractivity contribution in [1.82, 2.24) is 19.4 Å². The Balaban J connectivity index is 1.45. The first-order chi connectivity index (χ1) is 11.9. The molecule has 25 heavy (non-hydrogen) atoms. The number of likely N-dealkylation sites (tertiary alicyclic amines) is 1. The number of rotatable bonds is 3. The smallest absolute Gasteiger partial charge is 0.228 e. The number of fused-ring (bicyclic) bond motifs is 1. The molecule has 5 nitrogen and oxygen atoms in total. The van der Waals surface area contributed by atoms with Gasteiger partial charge in [-0.25, -0.2) is 4.98 Å². The Morgan fingerprint density at radius 3 is 2.40 bits per heavy atom. The van der Waals surface area contributed by atoms with Crippen LogP contribution in [0, 0.1) is 18.3 Å². The average Bonchev–Trinajstić information content (AvgIpc) is 3.40. The van der Waals surface area contributed by atoms with Gasteiger partial charge in [0, 0.05) is 44.1 Å². The minimum atomic E-state index is -0.167. The number of piperidine rings is 1. The Bertz CT molecular complexity index is 665. The fourth-order valence-electron chi connectivity index (χ4n) is 4.77. The van der Waals surface area contributed by atoms with Gasteiger partial charge in [-0.15, -0.1) is 0 Å². The molecule has 4 rings (SSSR count). The zero-order valence-corrected chi connectivity index (χ0v) is 16.2. The molecule has 3 heterocycles. The highest BCUT2D eigenvalue weighted by Crippen LogP contribution is 2.46. The van der Waals surface area contributed by atoms with E-state index in [1.54, 1.807) is 0 Å². The number of carbonyl (C=O) groups is 1. The summed E-state index contributed by atoms with van der Waals surface area (Å²) in [5.41, 5.74) is 2.55. The van der Waals surface area contributed by atoms with Crippen LogP contribution >= 0.6 is 0 Å². The molecule has 0 unspecified atom stereocenters. The zero-order chi connectivity index (χ0) is 17.8. The van der Waals surface area contributed by atoms with Crippen LogP contribution in [0.15, 0.2) is 0 Å². The lowest BCUT2D eigenvalue weighted by Gasteiger charge is -2.37. The van der Waals surface area contributed by atoms with Crippen molar-refractivity contribution < 1.29 is 4.79 Å². The van der Waals surface area contributed by atoms with Crippen LogP contribution in [0.2, 0.25) is 0 Å². The maximum Gasteiger partial charge on any atom is 0.228 e. The second-order valence-corrected chi connectivity index (χ2v) is 8.94. The molecule has 3 aliphatic rings. The third-order valence-electron chi connectivity index (χ3n) is 6.74. The summed E-state index contributed by atoms with van der Waals surface area (Å²) >= 11 is 0. The van der Waals surface area contributed by atoms with Gasteiger partial charge in [0.25, 0.3) is 0 Å². The Morgan fingerprint density at radius 1 is 1.08 bits per heavy atom. The molecule has 0 atom stereocenters. The van der Waals surface area contributed by atoms with Crippen molar-refractivity contribution in [3.05, 3.63) is 17.2 Å². The monoisotopic (exact) mass is 344 g/mol. The zero-order valence-electron chi connectivity index (χ0n) is 16.2. The molecule has 1 aromatic heterocycles. The van der Waals surface area contributed by atoms with Crippen molar-refractivity contribution in [1.29, 1.82) is 0 Å². The first kappa shape index (κ1) is 17.1. The molecule has 0 spiro atoms. The van der Waals surface area contributed by atoms with E-state index in [1.807, 2.05) is 0 Å². The van der Waals surface area contributed by atoms with Crippen molar-refractivity contribution in [2.45, 2.75) is 65.5 Å². The number of aryl methyl sites for hydroxylation is 1. The molecule has 2 aliphatic heterocycles. The van der Waals surface area contributed by atoms with E-state index in [2.05, 4.69) is 42.2 Å².